The highest BCUT2D eigenvalue weighted by atomic mass is 35.5. The lowest BCUT2D eigenvalue weighted by Gasteiger charge is -1.99. The van der Waals surface area contributed by atoms with Gasteiger partial charge in [-0.25, -0.2) is 4.42 Å². The molecule has 0 atom stereocenters. The molecule has 0 bridgehead atoms. The minimum atomic E-state index is 0. The molecule has 0 rings (SSSR count). The molecule has 0 fully saturated rings. The van der Waals surface area contributed by atoms with Gasteiger partial charge in [0.2, 0.25) is 0 Å². The van der Waals surface area contributed by atoms with E-state index in [9.17, 15) is 0 Å². The highest BCUT2D eigenvalue weighted by molar-refractivity contribution is 6.13. The van der Waals surface area contributed by atoms with E-state index in [-0.39, 0.29) is 12.4 Å². The standard InChI is InChI=1S/C4H10ClN.ClH/c1-3-4-6(2)5;/h3-4H2,1-2H3;1H. The maximum absolute atomic E-state index is 5.41. The van der Waals surface area contributed by atoms with E-state index in [0.717, 1.165) is 13.0 Å². The first kappa shape index (κ1) is 10.5. The Morgan fingerprint density at radius 2 is 2.00 bits per heavy atom. The monoisotopic (exact) mass is 143 g/mol. The van der Waals surface area contributed by atoms with Crippen LogP contribution in [0.4, 0.5) is 0 Å². The third kappa shape index (κ3) is 10.8. The smallest absolute Gasteiger partial charge is 0.0133 e. The molecule has 0 heterocycles. The van der Waals surface area contributed by atoms with Gasteiger partial charge in [0, 0.05) is 13.6 Å². The summed E-state index contributed by atoms with van der Waals surface area (Å²) in [6.45, 7) is 3.07. The van der Waals surface area contributed by atoms with Crippen molar-refractivity contribution in [2.24, 2.45) is 0 Å². The Balaban J connectivity index is 0. The van der Waals surface area contributed by atoms with Crippen molar-refractivity contribution in [1.82, 2.24) is 4.42 Å². The summed E-state index contributed by atoms with van der Waals surface area (Å²) in [6.07, 6.45) is 1.12. The van der Waals surface area contributed by atoms with Crippen LogP contribution in [0.15, 0.2) is 0 Å². The summed E-state index contributed by atoms with van der Waals surface area (Å²) in [5, 5.41) is 0. The Kier molecular flexibility index (Phi) is 9.82. The quantitative estimate of drug-likeness (QED) is 0.535. The second-order valence-corrected chi connectivity index (χ2v) is 1.91. The Labute approximate surface area is 56.2 Å². The molecule has 0 aromatic carbocycles. The summed E-state index contributed by atoms with van der Waals surface area (Å²) in [7, 11) is 1.85. The van der Waals surface area contributed by atoms with E-state index in [2.05, 4.69) is 6.92 Å². The molecule has 0 aliphatic heterocycles. The maximum Gasteiger partial charge on any atom is 0.0133 e. The van der Waals surface area contributed by atoms with Crippen LogP contribution in [0.3, 0.4) is 0 Å². The second-order valence-electron chi connectivity index (χ2n) is 1.33. The Morgan fingerprint density at radius 3 is 2.00 bits per heavy atom. The number of hydrogen-bond acceptors (Lipinski definition) is 1. The lowest BCUT2D eigenvalue weighted by atomic mass is 10.5. The van der Waals surface area contributed by atoms with E-state index in [1.165, 1.54) is 0 Å². The normalized spacial score (nSPS) is 8.57. The van der Waals surface area contributed by atoms with Crippen LogP contribution in [0, 0.1) is 0 Å². The second kappa shape index (κ2) is 6.54. The molecular formula is C4H11Cl2N. The average Bonchev–Trinajstić information content (AvgIpc) is 1.35. The zero-order valence-corrected chi connectivity index (χ0v) is 6.22. The van der Waals surface area contributed by atoms with Crippen molar-refractivity contribution < 1.29 is 0 Å². The first-order valence-electron chi connectivity index (χ1n) is 2.14. The first-order valence-corrected chi connectivity index (χ1v) is 2.48. The summed E-state index contributed by atoms with van der Waals surface area (Å²) >= 11 is 5.41. The van der Waals surface area contributed by atoms with Gasteiger partial charge in [-0.05, 0) is 18.2 Å². The topological polar surface area (TPSA) is 3.24 Å². The highest BCUT2D eigenvalue weighted by Gasteiger charge is 1.82. The molecule has 0 aromatic rings. The number of hydrogen-bond donors (Lipinski definition) is 0. The SMILES string of the molecule is CCCN(C)Cl.Cl. The maximum atomic E-state index is 5.41. The zero-order valence-electron chi connectivity index (χ0n) is 4.65. The van der Waals surface area contributed by atoms with Crippen molar-refractivity contribution in [1.29, 1.82) is 0 Å². The molecule has 46 valence electrons. The molecule has 0 amide bonds. The molecular weight excluding hydrogens is 133 g/mol. The molecule has 0 radical (unpaired) electrons. The van der Waals surface area contributed by atoms with Crippen molar-refractivity contribution >= 4 is 24.2 Å². The predicted molar refractivity (Wildman–Crippen MR) is 36.0 cm³/mol. The van der Waals surface area contributed by atoms with Crippen LogP contribution in [0.2, 0.25) is 0 Å². The third-order valence-corrected chi connectivity index (χ3v) is 0.701. The molecule has 0 aromatic heterocycles. The fraction of sp³-hybridized carbons (Fsp3) is 1.00. The van der Waals surface area contributed by atoms with Crippen molar-refractivity contribution in [3.8, 4) is 0 Å². The van der Waals surface area contributed by atoms with Crippen LogP contribution in [0.25, 0.3) is 0 Å². The third-order valence-electron chi connectivity index (χ3n) is 0.532. The number of halogens is 2. The summed E-state index contributed by atoms with van der Waals surface area (Å²) in [5.74, 6) is 0. The van der Waals surface area contributed by atoms with Crippen molar-refractivity contribution in [3.05, 3.63) is 0 Å². The Morgan fingerprint density at radius 1 is 1.57 bits per heavy atom. The van der Waals surface area contributed by atoms with Crippen molar-refractivity contribution in [3.63, 3.8) is 0 Å². The lowest BCUT2D eigenvalue weighted by Crippen LogP contribution is -2.03. The van der Waals surface area contributed by atoms with Gasteiger partial charge in [0.25, 0.3) is 0 Å². The molecule has 3 heteroatoms. The molecule has 0 aliphatic carbocycles. The van der Waals surface area contributed by atoms with Gasteiger partial charge in [0.05, 0.1) is 0 Å². The van der Waals surface area contributed by atoms with Gasteiger partial charge >= 0.3 is 0 Å². The highest BCUT2D eigenvalue weighted by Crippen LogP contribution is 1.86. The summed E-state index contributed by atoms with van der Waals surface area (Å²) < 4.78 is 1.65. The summed E-state index contributed by atoms with van der Waals surface area (Å²) in [4.78, 5) is 0. The summed E-state index contributed by atoms with van der Waals surface area (Å²) in [5.41, 5.74) is 0. The van der Waals surface area contributed by atoms with Gasteiger partial charge in [-0.2, -0.15) is 0 Å². The van der Waals surface area contributed by atoms with Crippen LogP contribution >= 0.6 is 24.2 Å². The van der Waals surface area contributed by atoms with Crippen molar-refractivity contribution in [2.75, 3.05) is 13.6 Å². The predicted octanol–water partition coefficient (Wildman–Crippen LogP) is 1.90. The lowest BCUT2D eigenvalue weighted by molar-refractivity contribution is 0.542. The minimum Gasteiger partial charge on any atom is -0.223 e. The van der Waals surface area contributed by atoms with E-state index in [4.69, 9.17) is 11.8 Å². The van der Waals surface area contributed by atoms with Gasteiger partial charge in [-0.3, -0.25) is 0 Å². The van der Waals surface area contributed by atoms with Crippen LogP contribution in [0.5, 0.6) is 0 Å². The van der Waals surface area contributed by atoms with E-state index >= 15 is 0 Å². The largest absolute Gasteiger partial charge is 0.223 e. The average molecular weight is 144 g/mol. The molecule has 0 spiro atoms. The van der Waals surface area contributed by atoms with Crippen LogP contribution in [-0.4, -0.2) is 18.0 Å². The first-order chi connectivity index (χ1) is 2.77. The molecule has 0 aliphatic rings. The van der Waals surface area contributed by atoms with Crippen LogP contribution < -0.4 is 0 Å². The fourth-order valence-corrected chi connectivity index (χ4v) is 0.477. The minimum absolute atomic E-state index is 0. The van der Waals surface area contributed by atoms with Gasteiger partial charge in [-0.1, -0.05) is 6.92 Å². The molecule has 1 nitrogen and oxygen atoms in total. The van der Waals surface area contributed by atoms with Gasteiger partial charge in [0.1, 0.15) is 0 Å². The van der Waals surface area contributed by atoms with Gasteiger partial charge in [0.15, 0.2) is 0 Å². The van der Waals surface area contributed by atoms with Gasteiger partial charge < -0.3 is 0 Å². The molecule has 0 N–H and O–H groups in total. The van der Waals surface area contributed by atoms with E-state index < -0.39 is 0 Å². The van der Waals surface area contributed by atoms with E-state index in [1.54, 1.807) is 4.42 Å². The Bertz CT molecular complexity index is 30.9. The van der Waals surface area contributed by atoms with E-state index in [0.29, 0.717) is 0 Å². The molecule has 0 unspecified atom stereocenters. The number of rotatable bonds is 2. The Hall–Kier alpha value is 0.540. The van der Waals surface area contributed by atoms with Crippen molar-refractivity contribution in [2.45, 2.75) is 13.3 Å². The number of nitrogens with zero attached hydrogens (tertiary/aromatic N) is 1. The fourth-order valence-electron chi connectivity index (χ4n) is 0.308. The zero-order chi connectivity index (χ0) is 4.99. The summed E-state index contributed by atoms with van der Waals surface area (Å²) in [6, 6.07) is 0. The molecule has 7 heavy (non-hydrogen) atoms. The van der Waals surface area contributed by atoms with Crippen LogP contribution in [0.1, 0.15) is 13.3 Å². The van der Waals surface area contributed by atoms with Gasteiger partial charge in [-0.15, -0.1) is 12.4 Å². The van der Waals surface area contributed by atoms with E-state index in [1.807, 2.05) is 7.05 Å². The molecule has 0 saturated carbocycles. The van der Waals surface area contributed by atoms with Crippen LogP contribution in [-0.2, 0) is 0 Å². The molecule has 0 saturated heterocycles.